The quantitative estimate of drug-likeness (QED) is 0.663. The van der Waals surface area contributed by atoms with Crippen LogP contribution in [0.5, 0.6) is 5.75 Å². The second-order valence-electron chi connectivity index (χ2n) is 4.55. The van der Waals surface area contributed by atoms with E-state index in [1.807, 2.05) is 0 Å². The fourth-order valence-electron chi connectivity index (χ4n) is 2.00. The van der Waals surface area contributed by atoms with E-state index in [2.05, 4.69) is 0 Å². The maximum atomic E-state index is 13.0. The van der Waals surface area contributed by atoms with Crippen LogP contribution in [0.4, 0.5) is 13.2 Å². The van der Waals surface area contributed by atoms with Crippen molar-refractivity contribution >= 4 is 5.84 Å². The zero-order valence-electron chi connectivity index (χ0n) is 10.7. The fourth-order valence-corrected chi connectivity index (χ4v) is 2.00. The summed E-state index contributed by atoms with van der Waals surface area (Å²) in [6.07, 6.45) is -3.71. The third-order valence-electron chi connectivity index (χ3n) is 3.06. The van der Waals surface area contributed by atoms with Crippen molar-refractivity contribution in [1.82, 2.24) is 0 Å². The lowest BCUT2D eigenvalue weighted by atomic mass is 10.1. The van der Waals surface area contributed by atoms with Gasteiger partial charge in [-0.3, -0.25) is 5.41 Å². The van der Waals surface area contributed by atoms with Gasteiger partial charge in [0, 0.05) is 18.4 Å². The zero-order valence-corrected chi connectivity index (χ0v) is 10.7. The number of nitrogens with one attached hydrogen (secondary N) is 1. The lowest BCUT2D eigenvalue weighted by Gasteiger charge is -2.25. The number of benzene rings is 1. The molecule has 0 amide bonds. The van der Waals surface area contributed by atoms with E-state index in [0.29, 0.717) is 26.1 Å². The molecule has 4 nitrogen and oxygen atoms in total. The summed E-state index contributed by atoms with van der Waals surface area (Å²) in [5, 5.41) is 7.21. The minimum atomic E-state index is -4.55. The number of hydrogen-bond donors (Lipinski definition) is 2. The monoisotopic (exact) mass is 288 g/mol. The van der Waals surface area contributed by atoms with Gasteiger partial charge in [-0.25, -0.2) is 0 Å². The first-order chi connectivity index (χ1) is 9.38. The van der Waals surface area contributed by atoms with Crippen LogP contribution in [0.2, 0.25) is 0 Å². The van der Waals surface area contributed by atoms with E-state index >= 15 is 0 Å². The molecule has 1 aromatic carbocycles. The van der Waals surface area contributed by atoms with Crippen LogP contribution in [0.15, 0.2) is 18.2 Å². The molecule has 2 rings (SSSR count). The van der Waals surface area contributed by atoms with Crippen LogP contribution in [-0.2, 0) is 10.9 Å². The van der Waals surface area contributed by atoms with Crippen LogP contribution < -0.4 is 10.5 Å². The molecule has 0 atom stereocenters. The van der Waals surface area contributed by atoms with Gasteiger partial charge in [-0.1, -0.05) is 0 Å². The molecule has 0 bridgehead atoms. The number of ether oxygens (including phenoxy) is 2. The number of hydrogen-bond acceptors (Lipinski definition) is 3. The number of halogens is 3. The highest BCUT2D eigenvalue weighted by Gasteiger charge is 2.35. The Bertz CT molecular complexity index is 497. The number of alkyl halides is 3. The molecular formula is C13H15F3N2O2. The normalized spacial score (nSPS) is 16.9. The Morgan fingerprint density at radius 1 is 1.30 bits per heavy atom. The van der Waals surface area contributed by atoms with Gasteiger partial charge in [0.2, 0.25) is 0 Å². The van der Waals surface area contributed by atoms with Gasteiger partial charge in [-0.15, -0.1) is 0 Å². The summed E-state index contributed by atoms with van der Waals surface area (Å²) in [4.78, 5) is 0. The van der Waals surface area contributed by atoms with Crippen molar-refractivity contribution in [2.45, 2.75) is 25.1 Å². The van der Waals surface area contributed by atoms with Crippen molar-refractivity contribution in [3.63, 3.8) is 0 Å². The van der Waals surface area contributed by atoms with Crippen molar-refractivity contribution in [1.29, 1.82) is 5.41 Å². The Hall–Kier alpha value is -1.76. The second-order valence-corrected chi connectivity index (χ2v) is 4.55. The van der Waals surface area contributed by atoms with E-state index in [0.717, 1.165) is 6.07 Å². The minimum Gasteiger partial charge on any atom is -0.490 e. The highest BCUT2D eigenvalue weighted by Crippen LogP contribution is 2.37. The standard InChI is InChI=1S/C13H15F3N2O2/c14-13(15,16)10-7-8(12(17)18)1-2-11(10)20-9-3-5-19-6-4-9/h1-2,7,9H,3-6H2,(H3,17,18). The molecule has 0 aliphatic carbocycles. The summed E-state index contributed by atoms with van der Waals surface area (Å²) in [6, 6.07) is 3.41. The van der Waals surface area contributed by atoms with Gasteiger partial charge in [0.05, 0.1) is 18.8 Å². The molecule has 1 aromatic rings. The molecule has 3 N–H and O–H groups in total. The summed E-state index contributed by atoms with van der Waals surface area (Å²) in [7, 11) is 0. The molecule has 1 saturated heterocycles. The Balaban J connectivity index is 2.28. The number of amidine groups is 1. The van der Waals surface area contributed by atoms with Gasteiger partial charge in [-0.05, 0) is 18.2 Å². The molecule has 20 heavy (non-hydrogen) atoms. The van der Waals surface area contributed by atoms with Crippen molar-refractivity contribution in [3.05, 3.63) is 29.3 Å². The maximum absolute atomic E-state index is 13.0. The predicted octanol–water partition coefficient (Wildman–Crippen LogP) is 2.55. The highest BCUT2D eigenvalue weighted by molar-refractivity contribution is 5.95. The van der Waals surface area contributed by atoms with Gasteiger partial charge in [0.1, 0.15) is 17.7 Å². The van der Waals surface area contributed by atoms with Gasteiger partial charge in [0.15, 0.2) is 0 Å². The van der Waals surface area contributed by atoms with Crippen molar-refractivity contribution in [3.8, 4) is 5.75 Å². The largest absolute Gasteiger partial charge is 0.490 e. The maximum Gasteiger partial charge on any atom is 0.419 e. The van der Waals surface area contributed by atoms with E-state index in [-0.39, 0.29) is 17.4 Å². The predicted molar refractivity (Wildman–Crippen MR) is 66.9 cm³/mol. The molecule has 7 heteroatoms. The number of nitrogens with two attached hydrogens (primary N) is 1. The summed E-state index contributed by atoms with van der Waals surface area (Å²) in [5.74, 6) is -0.637. The van der Waals surface area contributed by atoms with E-state index in [4.69, 9.17) is 20.6 Å². The number of nitrogen functional groups attached to an aromatic ring is 1. The lowest BCUT2D eigenvalue weighted by Crippen LogP contribution is -2.27. The van der Waals surface area contributed by atoms with Crippen molar-refractivity contribution in [2.24, 2.45) is 5.73 Å². The van der Waals surface area contributed by atoms with Crippen molar-refractivity contribution in [2.75, 3.05) is 13.2 Å². The van der Waals surface area contributed by atoms with Crippen LogP contribution in [-0.4, -0.2) is 25.2 Å². The average Bonchev–Trinajstić information content (AvgIpc) is 2.39. The van der Waals surface area contributed by atoms with Crippen LogP contribution in [0, 0.1) is 5.41 Å². The third-order valence-corrected chi connectivity index (χ3v) is 3.06. The molecule has 1 aliphatic rings. The molecule has 110 valence electrons. The van der Waals surface area contributed by atoms with Gasteiger partial charge < -0.3 is 15.2 Å². The Kier molecular flexibility index (Phi) is 4.17. The molecule has 0 saturated carbocycles. The SMILES string of the molecule is N=C(N)c1ccc(OC2CCOCC2)c(C(F)(F)F)c1. The summed E-state index contributed by atoms with van der Waals surface area (Å²) >= 11 is 0. The average molecular weight is 288 g/mol. The smallest absolute Gasteiger partial charge is 0.419 e. The fraction of sp³-hybridized carbons (Fsp3) is 0.462. The first-order valence-electron chi connectivity index (χ1n) is 6.18. The van der Waals surface area contributed by atoms with E-state index < -0.39 is 17.6 Å². The Morgan fingerprint density at radius 3 is 2.50 bits per heavy atom. The van der Waals surface area contributed by atoms with Gasteiger partial charge in [-0.2, -0.15) is 13.2 Å². The Labute approximate surface area is 114 Å². The summed E-state index contributed by atoms with van der Waals surface area (Å²) in [6.45, 7) is 0.967. The molecule has 0 spiro atoms. The third kappa shape index (κ3) is 3.41. The Morgan fingerprint density at radius 2 is 1.95 bits per heavy atom. The molecular weight excluding hydrogens is 273 g/mol. The van der Waals surface area contributed by atoms with Crippen LogP contribution >= 0.6 is 0 Å². The van der Waals surface area contributed by atoms with E-state index in [1.165, 1.54) is 12.1 Å². The molecule has 1 aliphatic heterocycles. The van der Waals surface area contributed by atoms with Crippen LogP contribution in [0.25, 0.3) is 0 Å². The van der Waals surface area contributed by atoms with Crippen LogP contribution in [0.3, 0.4) is 0 Å². The van der Waals surface area contributed by atoms with Gasteiger partial charge in [0.25, 0.3) is 0 Å². The molecule has 0 aromatic heterocycles. The number of rotatable bonds is 3. The van der Waals surface area contributed by atoms with Crippen molar-refractivity contribution < 1.29 is 22.6 Å². The van der Waals surface area contributed by atoms with E-state index in [9.17, 15) is 13.2 Å². The first-order valence-corrected chi connectivity index (χ1v) is 6.18. The summed E-state index contributed by atoms with van der Waals surface area (Å²) < 4.78 is 49.7. The van der Waals surface area contributed by atoms with E-state index in [1.54, 1.807) is 0 Å². The second kappa shape index (κ2) is 5.70. The molecule has 1 fully saturated rings. The lowest BCUT2D eigenvalue weighted by molar-refractivity contribution is -0.139. The molecule has 1 heterocycles. The highest BCUT2D eigenvalue weighted by atomic mass is 19.4. The minimum absolute atomic E-state index is 0.0247. The first kappa shape index (κ1) is 14.6. The molecule has 0 radical (unpaired) electrons. The topological polar surface area (TPSA) is 68.3 Å². The van der Waals surface area contributed by atoms with Gasteiger partial charge >= 0.3 is 6.18 Å². The van der Waals surface area contributed by atoms with Crippen LogP contribution in [0.1, 0.15) is 24.0 Å². The molecule has 0 unspecified atom stereocenters. The zero-order chi connectivity index (χ0) is 14.8. The summed E-state index contributed by atoms with van der Waals surface area (Å²) in [5.41, 5.74) is 4.34.